The Kier molecular flexibility index (Phi) is 11.3. The van der Waals surface area contributed by atoms with Crippen LogP contribution in [-0.4, -0.2) is 37.5 Å². The number of benzene rings is 2. The van der Waals surface area contributed by atoms with Gasteiger partial charge in [0, 0.05) is 25.2 Å². The van der Waals surface area contributed by atoms with Gasteiger partial charge in [0.2, 0.25) is 0 Å². The molecule has 0 atom stereocenters. The summed E-state index contributed by atoms with van der Waals surface area (Å²) < 4.78 is 0. The molecule has 0 aliphatic rings. The highest BCUT2D eigenvalue weighted by atomic mass is 16.1. The number of carbonyl (C=O) groups excluding carboxylic acids is 1. The zero-order valence-electron chi connectivity index (χ0n) is 20.0. The second-order valence-corrected chi connectivity index (χ2v) is 8.61. The molecule has 2 aromatic carbocycles. The van der Waals surface area contributed by atoms with Crippen molar-refractivity contribution in [2.45, 2.75) is 66.0 Å². The van der Waals surface area contributed by atoms with E-state index in [-0.39, 0.29) is 5.91 Å². The first-order chi connectivity index (χ1) is 15.0. The highest BCUT2D eigenvalue weighted by molar-refractivity contribution is 5.94. The molecule has 0 saturated carbocycles. The molecule has 0 aromatic heterocycles. The summed E-state index contributed by atoms with van der Waals surface area (Å²) in [6.45, 7) is 10.9. The lowest BCUT2D eigenvalue weighted by Gasteiger charge is -2.17. The van der Waals surface area contributed by atoms with Gasteiger partial charge >= 0.3 is 0 Å². The molecular weight excluding hydrogens is 382 g/mol. The van der Waals surface area contributed by atoms with Gasteiger partial charge in [0.05, 0.1) is 0 Å². The van der Waals surface area contributed by atoms with E-state index in [9.17, 15) is 4.79 Å². The number of carbonyl (C=O) groups is 1. The lowest BCUT2D eigenvalue weighted by molar-refractivity contribution is 0.0953. The van der Waals surface area contributed by atoms with E-state index in [1.165, 1.54) is 36.0 Å². The first-order valence-electron chi connectivity index (χ1n) is 11.9. The van der Waals surface area contributed by atoms with Gasteiger partial charge in [-0.05, 0) is 75.1 Å². The van der Waals surface area contributed by atoms with E-state index in [1.807, 2.05) is 12.1 Å². The first kappa shape index (κ1) is 25.1. The van der Waals surface area contributed by atoms with Crippen LogP contribution in [0.4, 0.5) is 0 Å². The van der Waals surface area contributed by atoms with Gasteiger partial charge in [-0.1, -0.05) is 62.6 Å². The second-order valence-electron chi connectivity index (χ2n) is 8.61. The Bertz CT molecular complexity index is 803. The van der Waals surface area contributed by atoms with Gasteiger partial charge in [-0.25, -0.2) is 0 Å². The Hall–Kier alpha value is -2.17. The molecule has 0 bridgehead atoms. The van der Waals surface area contributed by atoms with Crippen LogP contribution in [0.15, 0.2) is 42.5 Å². The van der Waals surface area contributed by atoms with E-state index in [4.69, 9.17) is 0 Å². The molecule has 0 unspecified atom stereocenters. The Morgan fingerprint density at radius 1 is 0.935 bits per heavy atom. The standard InChI is InChI=1S/C27H41N3O/c1-5-7-8-15-30(4)21-25-16-22(3)17-26(19-25)27(31)29-14-10-13-28-20-24-12-9-11-23(6-2)18-24/h9,11-12,16-19,28H,5-8,10,13-15,20-21H2,1-4H3,(H,29,31). The molecule has 2 aromatic rings. The van der Waals surface area contributed by atoms with Crippen molar-refractivity contribution in [1.29, 1.82) is 0 Å². The van der Waals surface area contributed by atoms with Crippen LogP contribution < -0.4 is 10.6 Å². The molecule has 0 radical (unpaired) electrons. The van der Waals surface area contributed by atoms with E-state index < -0.39 is 0 Å². The molecular formula is C27H41N3O. The van der Waals surface area contributed by atoms with Crippen LogP contribution in [0.5, 0.6) is 0 Å². The van der Waals surface area contributed by atoms with Crippen LogP contribution in [0.1, 0.15) is 72.1 Å². The van der Waals surface area contributed by atoms with Crippen molar-refractivity contribution in [2.75, 3.05) is 26.7 Å². The van der Waals surface area contributed by atoms with Gasteiger partial charge in [-0.2, -0.15) is 0 Å². The van der Waals surface area contributed by atoms with Crippen molar-refractivity contribution in [2.24, 2.45) is 0 Å². The van der Waals surface area contributed by atoms with Crippen LogP contribution in [0, 0.1) is 6.92 Å². The quantitative estimate of drug-likeness (QED) is 0.416. The lowest BCUT2D eigenvalue weighted by atomic mass is 10.1. The van der Waals surface area contributed by atoms with Gasteiger partial charge in [-0.15, -0.1) is 0 Å². The molecule has 4 nitrogen and oxygen atoms in total. The van der Waals surface area contributed by atoms with Crippen LogP contribution in [-0.2, 0) is 19.5 Å². The number of unbranched alkanes of at least 4 members (excludes halogenated alkanes) is 2. The SMILES string of the molecule is CCCCCN(C)Cc1cc(C)cc(C(=O)NCCCNCc2cccc(CC)c2)c1. The summed E-state index contributed by atoms with van der Waals surface area (Å²) in [7, 11) is 2.16. The van der Waals surface area contributed by atoms with Crippen LogP contribution in [0.25, 0.3) is 0 Å². The predicted octanol–water partition coefficient (Wildman–Crippen LogP) is 5.09. The zero-order valence-corrected chi connectivity index (χ0v) is 20.0. The molecule has 1 amide bonds. The number of hydrogen-bond acceptors (Lipinski definition) is 3. The molecule has 31 heavy (non-hydrogen) atoms. The van der Waals surface area contributed by atoms with E-state index in [2.05, 4.69) is 73.7 Å². The minimum Gasteiger partial charge on any atom is -0.352 e. The predicted molar refractivity (Wildman–Crippen MR) is 132 cm³/mol. The van der Waals surface area contributed by atoms with Gasteiger partial charge < -0.3 is 15.5 Å². The highest BCUT2D eigenvalue weighted by Gasteiger charge is 2.09. The fraction of sp³-hybridized carbons (Fsp3) is 0.519. The van der Waals surface area contributed by atoms with Gasteiger partial charge in [0.1, 0.15) is 0 Å². The third-order valence-electron chi connectivity index (χ3n) is 5.54. The van der Waals surface area contributed by atoms with Gasteiger partial charge in [0.15, 0.2) is 0 Å². The molecule has 2 N–H and O–H groups in total. The number of hydrogen-bond donors (Lipinski definition) is 2. The smallest absolute Gasteiger partial charge is 0.251 e. The maximum absolute atomic E-state index is 12.6. The number of nitrogens with zero attached hydrogens (tertiary/aromatic N) is 1. The summed E-state index contributed by atoms with van der Waals surface area (Å²) in [5.41, 5.74) is 5.80. The average molecular weight is 424 g/mol. The molecule has 0 fully saturated rings. The van der Waals surface area contributed by atoms with E-state index >= 15 is 0 Å². The Labute approximate surface area is 189 Å². The maximum atomic E-state index is 12.6. The molecule has 170 valence electrons. The van der Waals surface area contributed by atoms with Gasteiger partial charge in [0.25, 0.3) is 5.91 Å². The number of nitrogens with one attached hydrogen (secondary N) is 2. The van der Waals surface area contributed by atoms with Crippen molar-refractivity contribution < 1.29 is 4.79 Å². The Balaban J connectivity index is 1.72. The summed E-state index contributed by atoms with van der Waals surface area (Å²) in [5.74, 6) is 0.0224. The number of rotatable bonds is 14. The first-order valence-corrected chi connectivity index (χ1v) is 11.9. The maximum Gasteiger partial charge on any atom is 0.251 e. The third-order valence-corrected chi connectivity index (χ3v) is 5.54. The number of amides is 1. The largest absolute Gasteiger partial charge is 0.352 e. The summed E-state index contributed by atoms with van der Waals surface area (Å²) in [6, 6.07) is 14.9. The summed E-state index contributed by atoms with van der Waals surface area (Å²) >= 11 is 0. The Morgan fingerprint density at radius 3 is 2.52 bits per heavy atom. The second kappa shape index (κ2) is 14.0. The van der Waals surface area contributed by atoms with E-state index in [1.54, 1.807) is 0 Å². The van der Waals surface area contributed by atoms with Crippen molar-refractivity contribution in [3.63, 3.8) is 0 Å². The van der Waals surface area contributed by atoms with Crippen LogP contribution in [0.3, 0.4) is 0 Å². The highest BCUT2D eigenvalue weighted by Crippen LogP contribution is 2.12. The third kappa shape index (κ3) is 9.67. The minimum atomic E-state index is 0.0224. The normalized spacial score (nSPS) is 11.1. The topological polar surface area (TPSA) is 44.4 Å². The monoisotopic (exact) mass is 423 g/mol. The fourth-order valence-corrected chi connectivity index (χ4v) is 3.82. The lowest BCUT2D eigenvalue weighted by Crippen LogP contribution is -2.27. The van der Waals surface area contributed by atoms with Gasteiger partial charge in [-0.3, -0.25) is 4.79 Å². The fourth-order valence-electron chi connectivity index (χ4n) is 3.82. The molecule has 0 aliphatic carbocycles. The average Bonchev–Trinajstić information content (AvgIpc) is 2.76. The van der Waals surface area contributed by atoms with E-state index in [0.717, 1.165) is 50.1 Å². The van der Waals surface area contributed by atoms with Crippen LogP contribution >= 0.6 is 0 Å². The van der Waals surface area contributed by atoms with Crippen molar-refractivity contribution in [3.05, 3.63) is 70.3 Å². The molecule has 0 spiro atoms. The molecule has 0 aliphatic heterocycles. The molecule has 0 saturated heterocycles. The zero-order chi connectivity index (χ0) is 22.5. The molecule has 0 heterocycles. The van der Waals surface area contributed by atoms with Crippen molar-refractivity contribution in [3.8, 4) is 0 Å². The summed E-state index contributed by atoms with van der Waals surface area (Å²) in [6.07, 6.45) is 5.72. The van der Waals surface area contributed by atoms with E-state index in [0.29, 0.717) is 6.54 Å². The number of aryl methyl sites for hydroxylation is 2. The van der Waals surface area contributed by atoms with Crippen molar-refractivity contribution in [1.82, 2.24) is 15.5 Å². The van der Waals surface area contributed by atoms with Crippen LogP contribution in [0.2, 0.25) is 0 Å². The Morgan fingerprint density at radius 2 is 1.74 bits per heavy atom. The minimum absolute atomic E-state index is 0.0224. The summed E-state index contributed by atoms with van der Waals surface area (Å²) in [5, 5.41) is 6.54. The molecule has 4 heteroatoms. The molecule has 2 rings (SSSR count). The van der Waals surface area contributed by atoms with Crippen molar-refractivity contribution >= 4 is 5.91 Å². The summed E-state index contributed by atoms with van der Waals surface area (Å²) in [4.78, 5) is 15.0.